The quantitative estimate of drug-likeness (QED) is 0.737. The van der Waals surface area contributed by atoms with Crippen molar-refractivity contribution in [2.45, 2.75) is 13.8 Å². The van der Waals surface area contributed by atoms with Gasteiger partial charge in [-0.25, -0.2) is 4.98 Å². The topological polar surface area (TPSA) is 35.8 Å². The van der Waals surface area contributed by atoms with Gasteiger partial charge in [0, 0.05) is 22.3 Å². The smallest absolute Gasteiger partial charge is 0.194 e. The van der Waals surface area contributed by atoms with Crippen molar-refractivity contribution in [3.63, 3.8) is 0 Å². The standard InChI is InChI=1S/C15H16N2O2S/c1-9-10(2)20-15-16-13(8-17(9)15)12-7-11(18-3)5-6-14(12)19-4/h5-8H,1-4H3. The summed E-state index contributed by atoms with van der Waals surface area (Å²) in [4.78, 5) is 6.98. The fourth-order valence-electron chi connectivity index (χ4n) is 2.20. The summed E-state index contributed by atoms with van der Waals surface area (Å²) < 4.78 is 12.8. The fraction of sp³-hybridized carbons (Fsp3) is 0.267. The highest BCUT2D eigenvalue weighted by atomic mass is 32.1. The predicted molar refractivity (Wildman–Crippen MR) is 81.1 cm³/mol. The Balaban J connectivity index is 2.18. The first kappa shape index (κ1) is 13.0. The third-order valence-corrected chi connectivity index (χ3v) is 4.54. The molecule has 5 heteroatoms. The maximum absolute atomic E-state index is 5.42. The SMILES string of the molecule is COc1ccc(OC)c(-c2cn3c(C)c(C)sc3n2)c1. The molecule has 2 aromatic heterocycles. The molecule has 4 nitrogen and oxygen atoms in total. The minimum absolute atomic E-state index is 0.796. The lowest BCUT2D eigenvalue weighted by Gasteiger charge is -2.08. The van der Waals surface area contributed by atoms with Gasteiger partial charge in [0.15, 0.2) is 4.96 Å². The van der Waals surface area contributed by atoms with Crippen LogP contribution >= 0.6 is 11.3 Å². The van der Waals surface area contributed by atoms with E-state index in [1.165, 1.54) is 10.6 Å². The number of aromatic nitrogens is 2. The molecule has 104 valence electrons. The number of hydrogen-bond acceptors (Lipinski definition) is 4. The number of hydrogen-bond donors (Lipinski definition) is 0. The van der Waals surface area contributed by atoms with Crippen molar-refractivity contribution >= 4 is 16.3 Å². The number of fused-ring (bicyclic) bond motifs is 1. The van der Waals surface area contributed by atoms with Crippen LogP contribution in [0.2, 0.25) is 0 Å². The molecule has 0 amide bonds. The van der Waals surface area contributed by atoms with Crippen LogP contribution in [0, 0.1) is 13.8 Å². The normalized spacial score (nSPS) is 11.0. The Kier molecular flexibility index (Phi) is 3.14. The van der Waals surface area contributed by atoms with Crippen molar-refractivity contribution in [3.05, 3.63) is 35.0 Å². The first-order valence-electron chi connectivity index (χ1n) is 6.31. The number of rotatable bonds is 3. The Morgan fingerprint density at radius 2 is 1.95 bits per heavy atom. The monoisotopic (exact) mass is 288 g/mol. The summed E-state index contributed by atoms with van der Waals surface area (Å²) in [5.41, 5.74) is 3.07. The highest BCUT2D eigenvalue weighted by Crippen LogP contribution is 2.34. The molecule has 0 fully saturated rings. The number of nitrogens with zero attached hydrogens (tertiary/aromatic N) is 2. The third-order valence-electron chi connectivity index (χ3n) is 3.47. The van der Waals surface area contributed by atoms with E-state index in [-0.39, 0.29) is 0 Å². The van der Waals surface area contributed by atoms with Crippen LogP contribution in [0.4, 0.5) is 0 Å². The van der Waals surface area contributed by atoms with Crippen molar-refractivity contribution in [1.82, 2.24) is 9.38 Å². The number of methoxy groups -OCH3 is 2. The minimum atomic E-state index is 0.796. The van der Waals surface area contributed by atoms with Crippen molar-refractivity contribution in [2.24, 2.45) is 0 Å². The van der Waals surface area contributed by atoms with Gasteiger partial charge in [-0.15, -0.1) is 11.3 Å². The molecule has 0 saturated heterocycles. The zero-order valence-corrected chi connectivity index (χ0v) is 12.7. The number of aryl methyl sites for hydroxylation is 2. The summed E-state index contributed by atoms with van der Waals surface area (Å²) in [5, 5.41) is 0. The summed E-state index contributed by atoms with van der Waals surface area (Å²) in [5.74, 6) is 1.59. The molecule has 0 N–H and O–H groups in total. The molecule has 0 bridgehead atoms. The van der Waals surface area contributed by atoms with Gasteiger partial charge < -0.3 is 9.47 Å². The zero-order chi connectivity index (χ0) is 14.3. The van der Waals surface area contributed by atoms with E-state index in [1.807, 2.05) is 24.4 Å². The summed E-state index contributed by atoms with van der Waals surface area (Å²) in [7, 11) is 3.32. The minimum Gasteiger partial charge on any atom is -0.497 e. The molecule has 0 unspecified atom stereocenters. The van der Waals surface area contributed by atoms with Crippen LogP contribution in [0.3, 0.4) is 0 Å². The Morgan fingerprint density at radius 1 is 1.15 bits per heavy atom. The molecular formula is C15H16N2O2S. The lowest BCUT2D eigenvalue weighted by molar-refractivity contribution is 0.404. The first-order valence-corrected chi connectivity index (χ1v) is 7.13. The van der Waals surface area contributed by atoms with E-state index in [1.54, 1.807) is 25.6 Å². The van der Waals surface area contributed by atoms with Crippen LogP contribution in [0.1, 0.15) is 10.6 Å². The lowest BCUT2D eigenvalue weighted by atomic mass is 10.1. The predicted octanol–water partition coefficient (Wildman–Crippen LogP) is 3.70. The van der Waals surface area contributed by atoms with Gasteiger partial charge >= 0.3 is 0 Å². The number of benzene rings is 1. The first-order chi connectivity index (χ1) is 9.63. The van der Waals surface area contributed by atoms with Crippen LogP contribution in [0.25, 0.3) is 16.2 Å². The Bertz CT molecular complexity index is 774. The van der Waals surface area contributed by atoms with Gasteiger partial charge in [-0.05, 0) is 32.0 Å². The molecule has 0 atom stereocenters. The van der Waals surface area contributed by atoms with Gasteiger partial charge in [0.1, 0.15) is 11.5 Å². The van der Waals surface area contributed by atoms with Crippen LogP contribution in [0.5, 0.6) is 11.5 Å². The largest absolute Gasteiger partial charge is 0.497 e. The van der Waals surface area contributed by atoms with E-state index >= 15 is 0 Å². The lowest BCUT2D eigenvalue weighted by Crippen LogP contribution is -1.90. The summed E-state index contributed by atoms with van der Waals surface area (Å²) in [6, 6.07) is 5.74. The molecule has 0 radical (unpaired) electrons. The van der Waals surface area contributed by atoms with E-state index < -0.39 is 0 Å². The summed E-state index contributed by atoms with van der Waals surface area (Å²) in [6.45, 7) is 4.22. The van der Waals surface area contributed by atoms with Gasteiger partial charge in [0.25, 0.3) is 0 Å². The molecule has 0 saturated carbocycles. The number of imidazole rings is 1. The van der Waals surface area contributed by atoms with Gasteiger partial charge in [-0.3, -0.25) is 4.40 Å². The van der Waals surface area contributed by atoms with Gasteiger partial charge in [0.2, 0.25) is 0 Å². The Hall–Kier alpha value is -2.01. The molecule has 0 spiro atoms. The van der Waals surface area contributed by atoms with Crippen LogP contribution in [-0.4, -0.2) is 23.6 Å². The Labute approximate surface area is 121 Å². The van der Waals surface area contributed by atoms with E-state index in [0.717, 1.165) is 27.7 Å². The van der Waals surface area contributed by atoms with Crippen LogP contribution in [-0.2, 0) is 0 Å². The van der Waals surface area contributed by atoms with Crippen LogP contribution < -0.4 is 9.47 Å². The van der Waals surface area contributed by atoms with Gasteiger partial charge in [-0.2, -0.15) is 0 Å². The second kappa shape index (κ2) is 4.83. The van der Waals surface area contributed by atoms with Crippen molar-refractivity contribution in [3.8, 4) is 22.8 Å². The second-order valence-corrected chi connectivity index (χ2v) is 5.77. The average molecular weight is 288 g/mol. The third kappa shape index (κ3) is 1.94. The molecule has 0 aliphatic rings. The average Bonchev–Trinajstić information content (AvgIpc) is 2.99. The highest BCUT2D eigenvalue weighted by Gasteiger charge is 2.14. The van der Waals surface area contributed by atoms with E-state index in [2.05, 4.69) is 18.2 Å². The number of ether oxygens (including phenoxy) is 2. The van der Waals surface area contributed by atoms with Crippen molar-refractivity contribution < 1.29 is 9.47 Å². The summed E-state index contributed by atoms with van der Waals surface area (Å²) >= 11 is 1.70. The molecule has 2 heterocycles. The molecule has 0 aliphatic carbocycles. The molecule has 1 aromatic carbocycles. The fourth-order valence-corrected chi connectivity index (χ4v) is 3.15. The maximum atomic E-state index is 5.42. The van der Waals surface area contributed by atoms with E-state index in [4.69, 9.17) is 14.5 Å². The molecular weight excluding hydrogens is 272 g/mol. The summed E-state index contributed by atoms with van der Waals surface area (Å²) in [6.07, 6.45) is 2.05. The van der Waals surface area contributed by atoms with Crippen LogP contribution in [0.15, 0.2) is 24.4 Å². The molecule has 20 heavy (non-hydrogen) atoms. The molecule has 3 rings (SSSR count). The van der Waals surface area contributed by atoms with Crippen molar-refractivity contribution in [1.29, 1.82) is 0 Å². The van der Waals surface area contributed by atoms with E-state index in [9.17, 15) is 0 Å². The van der Waals surface area contributed by atoms with Gasteiger partial charge in [0.05, 0.1) is 19.9 Å². The zero-order valence-electron chi connectivity index (χ0n) is 11.9. The second-order valence-electron chi connectivity index (χ2n) is 4.59. The highest BCUT2D eigenvalue weighted by molar-refractivity contribution is 7.17. The Morgan fingerprint density at radius 3 is 2.60 bits per heavy atom. The van der Waals surface area contributed by atoms with Crippen molar-refractivity contribution in [2.75, 3.05) is 14.2 Å². The number of thiazole rings is 1. The van der Waals surface area contributed by atoms with Gasteiger partial charge in [-0.1, -0.05) is 0 Å². The molecule has 3 aromatic rings. The maximum Gasteiger partial charge on any atom is 0.194 e. The molecule has 0 aliphatic heterocycles. The van der Waals surface area contributed by atoms with E-state index in [0.29, 0.717) is 0 Å².